The van der Waals surface area contributed by atoms with Crippen LogP contribution >= 0.6 is 0 Å². The van der Waals surface area contributed by atoms with Gasteiger partial charge in [-0.15, -0.1) is 0 Å². The molecule has 2 atom stereocenters. The molecule has 3 aromatic rings. The third-order valence-corrected chi connectivity index (χ3v) is 3.82. The smallest absolute Gasteiger partial charge is 0.0856 e. The van der Waals surface area contributed by atoms with Gasteiger partial charge in [0, 0.05) is 18.3 Å². The van der Waals surface area contributed by atoms with Gasteiger partial charge in [0.1, 0.15) is 0 Å². The van der Waals surface area contributed by atoms with Crippen LogP contribution in [0.2, 0.25) is 0 Å². The molecule has 2 nitrogen and oxygen atoms in total. The molecule has 0 saturated heterocycles. The Bertz CT molecular complexity index is 709. The molecular formula is C18H17NO. The van der Waals surface area contributed by atoms with E-state index in [1.165, 1.54) is 5.39 Å². The lowest BCUT2D eigenvalue weighted by Crippen LogP contribution is -2.07. The number of fused-ring (bicyclic) bond motifs is 1. The zero-order valence-corrected chi connectivity index (χ0v) is 11.4. The maximum absolute atomic E-state index is 10.6. The van der Waals surface area contributed by atoms with Crippen molar-refractivity contribution in [3.8, 4) is 0 Å². The second-order valence-corrected chi connectivity index (χ2v) is 5.12. The lowest BCUT2D eigenvalue weighted by molar-refractivity contribution is 0.152. The highest BCUT2D eigenvalue weighted by molar-refractivity contribution is 5.83. The van der Waals surface area contributed by atoms with Crippen molar-refractivity contribution in [2.75, 3.05) is 0 Å². The summed E-state index contributed by atoms with van der Waals surface area (Å²) in [6.07, 6.45) is 3.01. The Morgan fingerprint density at radius 1 is 0.850 bits per heavy atom. The molecule has 0 spiro atoms. The van der Waals surface area contributed by atoms with Crippen LogP contribution in [0.1, 0.15) is 30.1 Å². The van der Waals surface area contributed by atoms with Crippen LogP contribution in [0.25, 0.3) is 10.8 Å². The molecule has 0 bridgehead atoms. The maximum atomic E-state index is 10.6. The minimum absolute atomic E-state index is 0.0409. The molecule has 100 valence electrons. The van der Waals surface area contributed by atoms with E-state index in [-0.39, 0.29) is 5.92 Å². The molecule has 0 aliphatic carbocycles. The quantitative estimate of drug-likeness (QED) is 0.772. The number of hydrogen-bond acceptors (Lipinski definition) is 2. The molecular weight excluding hydrogens is 246 g/mol. The first-order valence-electron chi connectivity index (χ1n) is 6.82. The van der Waals surface area contributed by atoms with Crippen LogP contribution in [-0.4, -0.2) is 10.1 Å². The van der Waals surface area contributed by atoms with Gasteiger partial charge in [-0.05, 0) is 40.1 Å². The Hall–Kier alpha value is -2.19. The zero-order chi connectivity index (χ0) is 13.9. The topological polar surface area (TPSA) is 33.1 Å². The van der Waals surface area contributed by atoms with E-state index in [0.29, 0.717) is 0 Å². The monoisotopic (exact) mass is 263 g/mol. The summed E-state index contributed by atoms with van der Waals surface area (Å²) in [6.45, 7) is 2.04. The van der Waals surface area contributed by atoms with Gasteiger partial charge >= 0.3 is 0 Å². The third-order valence-electron chi connectivity index (χ3n) is 3.82. The van der Waals surface area contributed by atoms with Gasteiger partial charge in [0.15, 0.2) is 0 Å². The van der Waals surface area contributed by atoms with E-state index >= 15 is 0 Å². The Morgan fingerprint density at radius 2 is 1.55 bits per heavy atom. The summed E-state index contributed by atoms with van der Waals surface area (Å²) in [5.41, 5.74) is 2.05. The molecule has 0 amide bonds. The SMILES string of the molecule is CC(c1ccncc1)C(O)c1ccc2ccccc2c1. The van der Waals surface area contributed by atoms with E-state index in [9.17, 15) is 5.11 Å². The zero-order valence-electron chi connectivity index (χ0n) is 11.4. The van der Waals surface area contributed by atoms with Gasteiger partial charge in [-0.3, -0.25) is 4.98 Å². The van der Waals surface area contributed by atoms with Crippen LogP contribution in [0, 0.1) is 0 Å². The van der Waals surface area contributed by atoms with E-state index < -0.39 is 6.10 Å². The molecule has 0 radical (unpaired) electrons. The molecule has 0 saturated carbocycles. The van der Waals surface area contributed by atoms with Crippen molar-refractivity contribution in [1.29, 1.82) is 0 Å². The predicted octanol–water partition coefficient (Wildman–Crippen LogP) is 4.07. The first-order chi connectivity index (χ1) is 9.75. The van der Waals surface area contributed by atoms with E-state index in [2.05, 4.69) is 29.2 Å². The Morgan fingerprint density at radius 3 is 2.30 bits per heavy atom. The molecule has 2 aromatic carbocycles. The summed E-state index contributed by atoms with van der Waals surface area (Å²) in [5, 5.41) is 12.9. The molecule has 0 aliphatic rings. The van der Waals surface area contributed by atoms with E-state index in [4.69, 9.17) is 0 Å². The Balaban J connectivity index is 1.94. The highest BCUT2D eigenvalue weighted by atomic mass is 16.3. The second-order valence-electron chi connectivity index (χ2n) is 5.12. The van der Waals surface area contributed by atoms with Gasteiger partial charge < -0.3 is 5.11 Å². The molecule has 2 unspecified atom stereocenters. The van der Waals surface area contributed by atoms with Crippen LogP contribution < -0.4 is 0 Å². The number of aliphatic hydroxyl groups is 1. The summed E-state index contributed by atoms with van der Waals surface area (Å²) in [7, 11) is 0. The molecule has 3 rings (SSSR count). The normalized spacial score (nSPS) is 14.1. The fraction of sp³-hybridized carbons (Fsp3) is 0.167. The largest absolute Gasteiger partial charge is 0.388 e. The molecule has 20 heavy (non-hydrogen) atoms. The van der Waals surface area contributed by atoms with Crippen LogP contribution in [0.3, 0.4) is 0 Å². The number of benzene rings is 2. The summed E-state index contributed by atoms with van der Waals surface area (Å²) >= 11 is 0. The lowest BCUT2D eigenvalue weighted by Gasteiger charge is -2.20. The standard InChI is InChI=1S/C18H17NO/c1-13(14-8-10-19-11-9-14)18(20)17-7-6-15-4-2-3-5-16(15)12-17/h2-13,18,20H,1H3. The van der Waals surface area contributed by atoms with Crippen LogP contribution in [0.4, 0.5) is 0 Å². The van der Waals surface area contributed by atoms with Crippen LogP contribution in [0.15, 0.2) is 67.0 Å². The van der Waals surface area contributed by atoms with Crippen LogP contribution in [0.5, 0.6) is 0 Å². The number of hydrogen-bond donors (Lipinski definition) is 1. The second kappa shape index (κ2) is 5.43. The first-order valence-corrected chi connectivity index (χ1v) is 6.82. The van der Waals surface area contributed by atoms with Crippen molar-refractivity contribution in [3.63, 3.8) is 0 Å². The lowest BCUT2D eigenvalue weighted by atomic mass is 9.90. The van der Waals surface area contributed by atoms with Crippen molar-refractivity contribution in [1.82, 2.24) is 4.98 Å². The maximum Gasteiger partial charge on any atom is 0.0856 e. The summed E-state index contributed by atoms with van der Waals surface area (Å²) in [4.78, 5) is 4.02. The van der Waals surface area contributed by atoms with Gasteiger partial charge in [-0.1, -0.05) is 43.3 Å². The number of nitrogens with zero attached hydrogens (tertiary/aromatic N) is 1. The summed E-state index contributed by atoms with van der Waals surface area (Å²) < 4.78 is 0. The summed E-state index contributed by atoms with van der Waals surface area (Å²) in [5.74, 6) is 0.0409. The molecule has 2 heteroatoms. The van der Waals surface area contributed by atoms with Crippen molar-refractivity contribution in [2.45, 2.75) is 18.9 Å². The van der Waals surface area contributed by atoms with Gasteiger partial charge in [0.2, 0.25) is 0 Å². The highest BCUT2D eigenvalue weighted by Crippen LogP contribution is 2.31. The van der Waals surface area contributed by atoms with Gasteiger partial charge in [0.25, 0.3) is 0 Å². The molecule has 1 aromatic heterocycles. The molecule has 1 N–H and O–H groups in total. The average molecular weight is 263 g/mol. The Labute approximate surface area is 118 Å². The first kappa shape index (κ1) is 12.8. The fourth-order valence-electron chi connectivity index (χ4n) is 2.53. The van der Waals surface area contributed by atoms with Crippen molar-refractivity contribution < 1.29 is 5.11 Å². The predicted molar refractivity (Wildman–Crippen MR) is 81.6 cm³/mol. The number of rotatable bonds is 3. The minimum atomic E-state index is -0.512. The van der Waals surface area contributed by atoms with Crippen LogP contribution in [-0.2, 0) is 0 Å². The third kappa shape index (κ3) is 2.43. The van der Waals surface area contributed by atoms with Gasteiger partial charge in [-0.2, -0.15) is 0 Å². The van der Waals surface area contributed by atoms with E-state index in [1.807, 2.05) is 37.3 Å². The molecule has 1 heterocycles. The molecule has 0 aliphatic heterocycles. The number of aromatic nitrogens is 1. The average Bonchev–Trinajstić information content (AvgIpc) is 2.54. The van der Waals surface area contributed by atoms with E-state index in [0.717, 1.165) is 16.5 Å². The molecule has 0 fully saturated rings. The number of pyridine rings is 1. The van der Waals surface area contributed by atoms with Crippen molar-refractivity contribution in [2.24, 2.45) is 0 Å². The van der Waals surface area contributed by atoms with Gasteiger partial charge in [0.05, 0.1) is 6.10 Å². The fourth-order valence-corrected chi connectivity index (χ4v) is 2.53. The summed E-state index contributed by atoms with van der Waals surface area (Å²) in [6, 6.07) is 18.2. The van der Waals surface area contributed by atoms with Gasteiger partial charge in [-0.25, -0.2) is 0 Å². The Kier molecular flexibility index (Phi) is 3.48. The van der Waals surface area contributed by atoms with Crippen molar-refractivity contribution >= 4 is 10.8 Å². The van der Waals surface area contributed by atoms with Crippen molar-refractivity contribution in [3.05, 3.63) is 78.1 Å². The van der Waals surface area contributed by atoms with E-state index in [1.54, 1.807) is 12.4 Å². The highest BCUT2D eigenvalue weighted by Gasteiger charge is 2.18. The number of aliphatic hydroxyl groups excluding tert-OH is 1. The minimum Gasteiger partial charge on any atom is -0.388 e.